The van der Waals surface area contributed by atoms with Gasteiger partial charge in [-0.1, -0.05) is 85.6 Å². The molecule has 0 fully saturated rings. The number of hydrogen-bond donors (Lipinski definition) is 1. The van der Waals surface area contributed by atoms with Crippen LogP contribution in [0.4, 0.5) is 5.69 Å². The lowest BCUT2D eigenvalue weighted by Crippen LogP contribution is -2.53. The van der Waals surface area contributed by atoms with E-state index in [4.69, 9.17) is 21.1 Å². The van der Waals surface area contributed by atoms with Gasteiger partial charge in [-0.05, 0) is 60.4 Å². The van der Waals surface area contributed by atoms with Crippen LogP contribution in [0.15, 0.2) is 102 Å². The summed E-state index contributed by atoms with van der Waals surface area (Å²) in [5.74, 6) is -0.0501. The summed E-state index contributed by atoms with van der Waals surface area (Å²) in [5, 5.41) is 3.51. The van der Waals surface area contributed by atoms with E-state index >= 15 is 0 Å². The van der Waals surface area contributed by atoms with Crippen LogP contribution in [-0.4, -0.2) is 58.5 Å². The summed E-state index contributed by atoms with van der Waals surface area (Å²) in [4.78, 5) is 30.0. The molecule has 0 radical (unpaired) electrons. The van der Waals surface area contributed by atoms with E-state index in [0.29, 0.717) is 23.1 Å². The van der Waals surface area contributed by atoms with Crippen LogP contribution in [0.2, 0.25) is 5.02 Å². The van der Waals surface area contributed by atoms with Gasteiger partial charge >= 0.3 is 0 Å². The summed E-state index contributed by atoms with van der Waals surface area (Å²) in [6.45, 7) is 5.68. The molecule has 0 aliphatic rings. The molecular formula is C37H42ClN3O6S. The summed E-state index contributed by atoms with van der Waals surface area (Å²) in [6, 6.07) is 26.5. The van der Waals surface area contributed by atoms with Crippen LogP contribution >= 0.6 is 11.6 Å². The number of anilines is 1. The fourth-order valence-electron chi connectivity index (χ4n) is 5.11. The van der Waals surface area contributed by atoms with Gasteiger partial charge in [-0.2, -0.15) is 0 Å². The summed E-state index contributed by atoms with van der Waals surface area (Å²) in [5.41, 5.74) is 2.64. The smallest absolute Gasteiger partial charge is 0.264 e. The van der Waals surface area contributed by atoms with Crippen molar-refractivity contribution in [1.29, 1.82) is 0 Å². The molecule has 4 aromatic rings. The van der Waals surface area contributed by atoms with Crippen LogP contribution in [0, 0.1) is 12.8 Å². The number of aryl methyl sites for hydroxylation is 1. The van der Waals surface area contributed by atoms with Gasteiger partial charge in [-0.25, -0.2) is 8.42 Å². The van der Waals surface area contributed by atoms with E-state index < -0.39 is 28.5 Å². The van der Waals surface area contributed by atoms with Crippen LogP contribution in [-0.2, 0) is 32.6 Å². The van der Waals surface area contributed by atoms with Crippen molar-refractivity contribution in [1.82, 2.24) is 10.2 Å². The third-order valence-corrected chi connectivity index (χ3v) is 9.80. The van der Waals surface area contributed by atoms with Gasteiger partial charge in [0.25, 0.3) is 10.0 Å². The first-order valence-corrected chi connectivity index (χ1v) is 17.4. The van der Waals surface area contributed by atoms with Gasteiger partial charge in [0.05, 0.1) is 24.8 Å². The Hall–Kier alpha value is -4.54. The number of sulfonamides is 1. The van der Waals surface area contributed by atoms with Crippen molar-refractivity contribution in [2.24, 2.45) is 5.92 Å². The van der Waals surface area contributed by atoms with Crippen molar-refractivity contribution in [3.8, 4) is 11.5 Å². The molecule has 0 saturated carbocycles. The molecule has 1 N–H and O–H groups in total. The minimum absolute atomic E-state index is 0.00967. The monoisotopic (exact) mass is 691 g/mol. The van der Waals surface area contributed by atoms with Crippen molar-refractivity contribution in [3.05, 3.63) is 119 Å². The number of carbonyl (C=O) groups excluding carboxylic acids is 2. The standard InChI is InChI=1S/C37H42ClN3O6S/c1-26(2)23-39-37(43)33(21-28-9-7-6-8-10-28)40(24-29-13-15-30(38)16-14-29)36(42)25-41(31-17-20-34(46-4)35(22-31)47-5)48(44,45)32-18-11-27(3)12-19-32/h6-20,22,26,33H,21,23-25H2,1-5H3,(H,39,43)/t33-/m0/s1. The van der Waals surface area contributed by atoms with Crippen LogP contribution in [0.25, 0.3) is 0 Å². The second kappa shape index (κ2) is 16.5. The molecule has 0 bridgehead atoms. The predicted octanol–water partition coefficient (Wildman–Crippen LogP) is 6.27. The van der Waals surface area contributed by atoms with Gasteiger partial charge in [0.1, 0.15) is 12.6 Å². The highest BCUT2D eigenvalue weighted by Gasteiger charge is 2.35. The van der Waals surface area contributed by atoms with Gasteiger partial charge in [0.15, 0.2) is 11.5 Å². The normalized spacial score (nSPS) is 11.9. The number of carbonyl (C=O) groups is 2. The van der Waals surface area contributed by atoms with E-state index in [1.54, 1.807) is 48.5 Å². The first-order chi connectivity index (χ1) is 22.9. The molecule has 0 heterocycles. The number of ether oxygens (including phenoxy) is 2. The summed E-state index contributed by atoms with van der Waals surface area (Å²) >= 11 is 6.17. The van der Waals surface area contributed by atoms with Crippen LogP contribution in [0.5, 0.6) is 11.5 Å². The van der Waals surface area contributed by atoms with Crippen LogP contribution < -0.4 is 19.1 Å². The Morgan fingerprint density at radius 3 is 2.08 bits per heavy atom. The van der Waals surface area contributed by atoms with Crippen LogP contribution in [0.3, 0.4) is 0 Å². The molecule has 48 heavy (non-hydrogen) atoms. The molecule has 0 aromatic heterocycles. The SMILES string of the molecule is COc1ccc(N(CC(=O)N(Cc2ccc(Cl)cc2)[C@@H](Cc2ccccc2)C(=O)NCC(C)C)S(=O)(=O)c2ccc(C)cc2)cc1OC. The first-order valence-electron chi connectivity index (χ1n) is 15.6. The van der Waals surface area contributed by atoms with Crippen molar-refractivity contribution < 1.29 is 27.5 Å². The number of nitrogens with one attached hydrogen (secondary N) is 1. The van der Waals surface area contributed by atoms with Gasteiger partial charge < -0.3 is 19.7 Å². The molecule has 0 aliphatic carbocycles. The molecular weight excluding hydrogens is 650 g/mol. The molecule has 11 heteroatoms. The minimum Gasteiger partial charge on any atom is -0.493 e. The Labute approximate surface area is 288 Å². The third-order valence-electron chi connectivity index (χ3n) is 7.76. The summed E-state index contributed by atoms with van der Waals surface area (Å²) in [7, 11) is -1.35. The van der Waals surface area contributed by atoms with E-state index in [1.807, 2.05) is 51.1 Å². The molecule has 254 valence electrons. The molecule has 9 nitrogen and oxygen atoms in total. The Balaban J connectivity index is 1.83. The van der Waals surface area contributed by atoms with Crippen LogP contribution in [0.1, 0.15) is 30.5 Å². The zero-order valence-corrected chi connectivity index (χ0v) is 29.4. The summed E-state index contributed by atoms with van der Waals surface area (Å²) < 4.78 is 40.5. The molecule has 1 atom stereocenters. The average molecular weight is 692 g/mol. The lowest BCUT2D eigenvalue weighted by molar-refractivity contribution is -0.140. The second-order valence-electron chi connectivity index (χ2n) is 11.9. The predicted molar refractivity (Wildman–Crippen MR) is 189 cm³/mol. The Morgan fingerprint density at radius 1 is 0.833 bits per heavy atom. The van der Waals surface area contributed by atoms with E-state index in [0.717, 1.165) is 21.0 Å². The third kappa shape index (κ3) is 9.29. The van der Waals surface area contributed by atoms with Crippen molar-refractivity contribution in [2.75, 3.05) is 31.6 Å². The van der Waals surface area contributed by atoms with E-state index in [9.17, 15) is 18.0 Å². The highest BCUT2D eigenvalue weighted by molar-refractivity contribution is 7.92. The average Bonchev–Trinajstić information content (AvgIpc) is 3.08. The minimum atomic E-state index is -4.28. The lowest BCUT2D eigenvalue weighted by atomic mass is 10.0. The first kappa shape index (κ1) is 36.3. The largest absolute Gasteiger partial charge is 0.493 e. The van der Waals surface area contributed by atoms with E-state index in [2.05, 4.69) is 5.32 Å². The van der Waals surface area contributed by atoms with E-state index in [-0.39, 0.29) is 35.4 Å². The zero-order valence-electron chi connectivity index (χ0n) is 27.9. The second-order valence-corrected chi connectivity index (χ2v) is 14.2. The maximum atomic E-state index is 14.6. The summed E-state index contributed by atoms with van der Waals surface area (Å²) in [6.07, 6.45) is 0.213. The Bertz CT molecular complexity index is 1780. The number of nitrogens with zero attached hydrogens (tertiary/aromatic N) is 2. The zero-order chi connectivity index (χ0) is 34.8. The fraction of sp³-hybridized carbons (Fsp3) is 0.297. The Morgan fingerprint density at radius 2 is 1.48 bits per heavy atom. The van der Waals surface area contributed by atoms with Gasteiger partial charge in [0, 0.05) is 30.6 Å². The maximum Gasteiger partial charge on any atom is 0.264 e. The molecule has 0 unspecified atom stereocenters. The van der Waals surface area contributed by atoms with Crippen molar-refractivity contribution in [3.63, 3.8) is 0 Å². The molecule has 0 saturated heterocycles. The molecule has 4 aromatic carbocycles. The van der Waals surface area contributed by atoms with E-state index in [1.165, 1.54) is 37.3 Å². The number of rotatable bonds is 15. The number of methoxy groups -OCH3 is 2. The highest BCUT2D eigenvalue weighted by atomic mass is 35.5. The Kier molecular flexibility index (Phi) is 12.5. The molecule has 2 amide bonds. The molecule has 0 aliphatic heterocycles. The van der Waals surface area contributed by atoms with Gasteiger partial charge in [-0.15, -0.1) is 0 Å². The van der Waals surface area contributed by atoms with Crippen molar-refractivity contribution in [2.45, 2.75) is 44.7 Å². The molecule has 4 rings (SSSR count). The number of hydrogen-bond acceptors (Lipinski definition) is 6. The lowest BCUT2D eigenvalue weighted by Gasteiger charge is -2.34. The topological polar surface area (TPSA) is 105 Å². The van der Waals surface area contributed by atoms with Gasteiger partial charge in [0.2, 0.25) is 11.8 Å². The van der Waals surface area contributed by atoms with Gasteiger partial charge in [-0.3, -0.25) is 13.9 Å². The fourth-order valence-corrected chi connectivity index (χ4v) is 6.64. The highest BCUT2D eigenvalue weighted by Crippen LogP contribution is 2.34. The number of halogens is 1. The maximum absolute atomic E-state index is 14.6. The number of amides is 2. The number of benzene rings is 4. The quantitative estimate of drug-likeness (QED) is 0.158. The molecule has 0 spiro atoms. The van der Waals surface area contributed by atoms with Crippen molar-refractivity contribution >= 4 is 39.1 Å².